The van der Waals surface area contributed by atoms with Crippen molar-refractivity contribution >= 4 is 23.0 Å². The lowest BCUT2D eigenvalue weighted by atomic mass is 10.2. The Hall–Kier alpha value is -3.16. The molecule has 0 saturated carbocycles. The average molecular weight is 313 g/mol. The predicted octanol–water partition coefficient (Wildman–Crippen LogP) is 1.97. The molecule has 0 aliphatic rings. The van der Waals surface area contributed by atoms with Gasteiger partial charge in [0.2, 0.25) is 5.88 Å². The molecule has 3 rings (SSSR count). The Balaban J connectivity index is 2.03. The quantitative estimate of drug-likeness (QED) is 0.736. The SMILES string of the molecule is COC(=O)c1cn2ncnc(Nc3ccc(OC)nc3)c2c1C. The lowest BCUT2D eigenvalue weighted by molar-refractivity contribution is 0.0600. The van der Waals surface area contributed by atoms with Crippen molar-refractivity contribution in [1.29, 1.82) is 0 Å². The second-order valence-electron chi connectivity index (χ2n) is 4.78. The summed E-state index contributed by atoms with van der Waals surface area (Å²) in [6.45, 7) is 1.82. The standard InChI is InChI=1S/C15H15N5O3/c1-9-11(15(21)23-3)7-20-13(9)14(17-8-18-20)19-10-4-5-12(22-2)16-6-10/h4-8H,1-3H3,(H,17,18,19). The summed E-state index contributed by atoms with van der Waals surface area (Å²) >= 11 is 0. The lowest BCUT2D eigenvalue weighted by Crippen LogP contribution is -2.01. The summed E-state index contributed by atoms with van der Waals surface area (Å²) in [7, 11) is 2.90. The summed E-state index contributed by atoms with van der Waals surface area (Å²) in [6.07, 6.45) is 4.67. The third-order valence-electron chi connectivity index (χ3n) is 3.44. The number of ether oxygens (including phenoxy) is 2. The van der Waals surface area contributed by atoms with Crippen molar-refractivity contribution in [2.75, 3.05) is 19.5 Å². The van der Waals surface area contributed by atoms with E-state index >= 15 is 0 Å². The Morgan fingerprint density at radius 3 is 2.74 bits per heavy atom. The summed E-state index contributed by atoms with van der Waals surface area (Å²) in [5.74, 6) is 0.680. The van der Waals surface area contributed by atoms with Crippen molar-refractivity contribution in [2.24, 2.45) is 0 Å². The van der Waals surface area contributed by atoms with E-state index in [4.69, 9.17) is 9.47 Å². The molecule has 0 amide bonds. The number of pyridine rings is 1. The van der Waals surface area contributed by atoms with Crippen LogP contribution >= 0.6 is 0 Å². The van der Waals surface area contributed by atoms with E-state index < -0.39 is 5.97 Å². The normalized spacial score (nSPS) is 10.6. The van der Waals surface area contributed by atoms with Crippen molar-refractivity contribution in [1.82, 2.24) is 19.6 Å². The monoisotopic (exact) mass is 313 g/mol. The lowest BCUT2D eigenvalue weighted by Gasteiger charge is -2.08. The molecule has 118 valence electrons. The van der Waals surface area contributed by atoms with E-state index in [9.17, 15) is 4.79 Å². The fourth-order valence-corrected chi connectivity index (χ4v) is 2.28. The highest BCUT2D eigenvalue weighted by atomic mass is 16.5. The van der Waals surface area contributed by atoms with Crippen LogP contribution in [-0.2, 0) is 4.74 Å². The van der Waals surface area contributed by atoms with Crippen LogP contribution in [0.4, 0.5) is 11.5 Å². The third kappa shape index (κ3) is 2.66. The minimum atomic E-state index is -0.412. The number of aromatic nitrogens is 4. The number of rotatable bonds is 4. The molecule has 3 heterocycles. The van der Waals surface area contributed by atoms with Gasteiger partial charge in [-0.3, -0.25) is 0 Å². The first-order chi connectivity index (χ1) is 11.1. The Morgan fingerprint density at radius 2 is 2.09 bits per heavy atom. The molecule has 3 aromatic heterocycles. The number of aryl methyl sites for hydroxylation is 1. The van der Waals surface area contributed by atoms with E-state index in [1.807, 2.05) is 13.0 Å². The molecule has 8 nitrogen and oxygen atoms in total. The summed E-state index contributed by atoms with van der Waals surface area (Å²) in [6, 6.07) is 3.57. The fourth-order valence-electron chi connectivity index (χ4n) is 2.28. The van der Waals surface area contributed by atoms with Gasteiger partial charge in [-0.15, -0.1) is 0 Å². The Morgan fingerprint density at radius 1 is 1.26 bits per heavy atom. The van der Waals surface area contributed by atoms with E-state index in [0.29, 0.717) is 22.8 Å². The number of anilines is 2. The van der Waals surface area contributed by atoms with Crippen LogP contribution < -0.4 is 10.1 Å². The van der Waals surface area contributed by atoms with Crippen molar-refractivity contribution in [3.63, 3.8) is 0 Å². The van der Waals surface area contributed by atoms with Crippen LogP contribution in [0.15, 0.2) is 30.9 Å². The van der Waals surface area contributed by atoms with Crippen molar-refractivity contribution in [2.45, 2.75) is 6.92 Å². The molecule has 0 spiro atoms. The topological polar surface area (TPSA) is 90.6 Å². The number of carbonyl (C=O) groups excluding carboxylic acids is 1. The second-order valence-corrected chi connectivity index (χ2v) is 4.78. The average Bonchev–Trinajstić information content (AvgIpc) is 2.93. The smallest absolute Gasteiger partial charge is 0.339 e. The van der Waals surface area contributed by atoms with E-state index in [1.54, 1.807) is 30.1 Å². The van der Waals surface area contributed by atoms with Crippen molar-refractivity contribution in [3.05, 3.63) is 42.0 Å². The molecule has 1 N–H and O–H groups in total. The van der Waals surface area contributed by atoms with E-state index in [-0.39, 0.29) is 0 Å². The van der Waals surface area contributed by atoms with E-state index in [2.05, 4.69) is 20.4 Å². The zero-order chi connectivity index (χ0) is 16.4. The van der Waals surface area contributed by atoms with Gasteiger partial charge in [0.15, 0.2) is 5.82 Å². The van der Waals surface area contributed by atoms with Gasteiger partial charge in [0.25, 0.3) is 0 Å². The zero-order valence-corrected chi connectivity index (χ0v) is 12.9. The minimum Gasteiger partial charge on any atom is -0.481 e. The van der Waals surface area contributed by atoms with E-state index in [0.717, 1.165) is 11.3 Å². The molecule has 3 aromatic rings. The molecule has 0 aliphatic carbocycles. The van der Waals surface area contributed by atoms with Crippen LogP contribution in [0.5, 0.6) is 5.88 Å². The van der Waals surface area contributed by atoms with Gasteiger partial charge in [-0.25, -0.2) is 19.3 Å². The van der Waals surface area contributed by atoms with Crippen LogP contribution in [0.2, 0.25) is 0 Å². The van der Waals surface area contributed by atoms with Gasteiger partial charge in [0.05, 0.1) is 31.7 Å². The molecule has 8 heteroatoms. The first-order valence-corrected chi connectivity index (χ1v) is 6.82. The van der Waals surface area contributed by atoms with Crippen LogP contribution in [0.3, 0.4) is 0 Å². The Labute approximate surface area is 132 Å². The van der Waals surface area contributed by atoms with Crippen LogP contribution in [0.25, 0.3) is 5.52 Å². The molecule has 0 atom stereocenters. The molecule has 0 saturated heterocycles. The molecule has 0 aromatic carbocycles. The number of hydrogen-bond acceptors (Lipinski definition) is 7. The summed E-state index contributed by atoms with van der Waals surface area (Å²) in [5, 5.41) is 7.30. The third-order valence-corrected chi connectivity index (χ3v) is 3.44. The van der Waals surface area contributed by atoms with Gasteiger partial charge in [-0.2, -0.15) is 5.10 Å². The molecule has 0 bridgehead atoms. The molecule has 0 fully saturated rings. The molecule has 0 radical (unpaired) electrons. The zero-order valence-electron chi connectivity index (χ0n) is 12.9. The van der Waals surface area contributed by atoms with Gasteiger partial charge < -0.3 is 14.8 Å². The predicted molar refractivity (Wildman–Crippen MR) is 83.1 cm³/mol. The maximum Gasteiger partial charge on any atom is 0.339 e. The molecule has 0 unspecified atom stereocenters. The number of esters is 1. The fraction of sp³-hybridized carbons (Fsp3) is 0.200. The molecular weight excluding hydrogens is 298 g/mol. The van der Waals surface area contributed by atoms with Crippen LogP contribution in [0.1, 0.15) is 15.9 Å². The highest BCUT2D eigenvalue weighted by Crippen LogP contribution is 2.25. The number of methoxy groups -OCH3 is 2. The maximum atomic E-state index is 11.8. The molecular formula is C15H15N5O3. The first kappa shape index (κ1) is 14.8. The summed E-state index contributed by atoms with van der Waals surface area (Å²) in [4.78, 5) is 20.2. The molecule has 23 heavy (non-hydrogen) atoms. The second kappa shape index (κ2) is 5.91. The van der Waals surface area contributed by atoms with Crippen LogP contribution in [0, 0.1) is 6.92 Å². The van der Waals surface area contributed by atoms with E-state index in [1.165, 1.54) is 13.4 Å². The number of hydrogen-bond donors (Lipinski definition) is 1. The highest BCUT2D eigenvalue weighted by Gasteiger charge is 2.18. The number of fused-ring (bicyclic) bond motifs is 1. The van der Waals surface area contributed by atoms with Crippen LogP contribution in [-0.4, -0.2) is 39.8 Å². The number of carbonyl (C=O) groups is 1. The minimum absolute atomic E-state index is 0.412. The first-order valence-electron chi connectivity index (χ1n) is 6.82. The van der Waals surface area contributed by atoms with Gasteiger partial charge in [-0.05, 0) is 18.6 Å². The summed E-state index contributed by atoms with van der Waals surface area (Å²) < 4.78 is 11.4. The largest absolute Gasteiger partial charge is 0.481 e. The van der Waals surface area contributed by atoms with Gasteiger partial charge in [0, 0.05) is 12.3 Å². The number of nitrogens with one attached hydrogen (secondary N) is 1. The highest BCUT2D eigenvalue weighted by molar-refractivity contribution is 5.95. The maximum absolute atomic E-state index is 11.8. The van der Waals surface area contributed by atoms with Gasteiger partial charge >= 0.3 is 5.97 Å². The Bertz CT molecular complexity index is 857. The van der Waals surface area contributed by atoms with Gasteiger partial charge in [-0.1, -0.05) is 0 Å². The summed E-state index contributed by atoms with van der Waals surface area (Å²) in [5.41, 5.74) is 2.63. The molecule has 0 aliphatic heterocycles. The Kier molecular flexibility index (Phi) is 3.80. The van der Waals surface area contributed by atoms with Crippen molar-refractivity contribution < 1.29 is 14.3 Å². The van der Waals surface area contributed by atoms with Crippen molar-refractivity contribution in [3.8, 4) is 5.88 Å². The number of nitrogens with zero attached hydrogens (tertiary/aromatic N) is 4. The van der Waals surface area contributed by atoms with Gasteiger partial charge in [0.1, 0.15) is 11.8 Å².